The quantitative estimate of drug-likeness (QED) is 0.142. The van der Waals surface area contributed by atoms with Gasteiger partial charge in [0.1, 0.15) is 0 Å². The maximum Gasteiger partial charge on any atom is 0.416 e. The molecule has 0 fully saturated rings. The Morgan fingerprint density at radius 2 is 0.771 bits per heavy atom. The van der Waals surface area contributed by atoms with Gasteiger partial charge in [-0.05, 0) is 171 Å². The van der Waals surface area contributed by atoms with Gasteiger partial charge in [0.15, 0.2) is 11.4 Å². The summed E-state index contributed by atoms with van der Waals surface area (Å²) in [6, 6.07) is 76.4. The van der Waals surface area contributed by atoms with Crippen molar-refractivity contribution in [2.45, 2.75) is 13.1 Å². The number of para-hydroxylation sites is 2. The van der Waals surface area contributed by atoms with E-state index in [9.17, 15) is 29.0 Å². The van der Waals surface area contributed by atoms with Crippen LogP contribution in [0.25, 0.3) is 131 Å². The average molecular weight is 1070 g/mol. The molecule has 10 heteroatoms. The summed E-state index contributed by atoms with van der Waals surface area (Å²) >= 11 is 0. The minimum atomic E-state index is -4.62. The smallest absolute Gasteiger partial charge is 0.309 e. The fourth-order valence-electron chi connectivity index (χ4n) is 11.8. The van der Waals surface area contributed by atoms with Crippen molar-refractivity contribution >= 4 is 55.0 Å². The summed E-state index contributed by atoms with van der Waals surface area (Å²) in [7, 11) is 0. The molecular formula is C73H40F3N7. The van der Waals surface area contributed by atoms with Crippen LogP contribution < -0.4 is 0 Å². The molecule has 0 saturated carbocycles. The van der Waals surface area contributed by atoms with E-state index in [-0.39, 0.29) is 0 Å². The maximum absolute atomic E-state index is 14.7. The molecule has 2 aromatic heterocycles. The third-order valence-corrected chi connectivity index (χ3v) is 15.6. The molecule has 0 bridgehead atoms. The van der Waals surface area contributed by atoms with Gasteiger partial charge in [0, 0.05) is 32.7 Å². The Bertz CT molecular complexity index is 4890. The van der Waals surface area contributed by atoms with E-state index in [1.54, 1.807) is 43.3 Å². The molecule has 0 atom stereocenters. The number of hydrogen-bond acceptors (Lipinski definition) is 3. The number of alkyl halides is 3. The monoisotopic (exact) mass is 1070 g/mol. The summed E-state index contributed by atoms with van der Waals surface area (Å²) in [6.45, 7) is 17.7. The summed E-state index contributed by atoms with van der Waals surface area (Å²) in [5.74, 6) is 0. The minimum absolute atomic E-state index is 0.343. The highest BCUT2D eigenvalue weighted by molar-refractivity contribution is 6.14. The van der Waals surface area contributed by atoms with Crippen molar-refractivity contribution in [3.8, 4) is 96.3 Å². The predicted molar refractivity (Wildman–Crippen MR) is 324 cm³/mol. The van der Waals surface area contributed by atoms with Gasteiger partial charge in [0.2, 0.25) is 0 Å². The van der Waals surface area contributed by atoms with Gasteiger partial charge in [0.05, 0.1) is 87.0 Å². The van der Waals surface area contributed by atoms with E-state index >= 15 is 0 Å². The van der Waals surface area contributed by atoms with Crippen LogP contribution in [-0.2, 0) is 6.18 Å². The first-order chi connectivity index (χ1) is 40.5. The molecular weight excluding hydrogens is 1030 g/mol. The Hall–Kier alpha value is -11.7. The van der Waals surface area contributed by atoms with Crippen LogP contribution in [0.3, 0.4) is 0 Å². The summed E-state index contributed by atoms with van der Waals surface area (Å²) in [5.41, 5.74) is 14.8. The summed E-state index contributed by atoms with van der Waals surface area (Å²) in [4.78, 5) is 7.71. The number of nitriles is 3. The Balaban J connectivity index is 1.14. The third-order valence-electron chi connectivity index (χ3n) is 15.6. The topological polar surface area (TPSA) is 90.0 Å². The predicted octanol–water partition coefficient (Wildman–Crippen LogP) is 19.9. The number of halogens is 3. The normalized spacial score (nSPS) is 11.3. The zero-order valence-electron chi connectivity index (χ0n) is 44.1. The summed E-state index contributed by atoms with van der Waals surface area (Å²) in [6.07, 6.45) is -4.62. The number of benzene rings is 11. The molecule has 13 aromatic rings. The van der Waals surface area contributed by atoms with Crippen molar-refractivity contribution in [1.82, 2.24) is 9.13 Å². The van der Waals surface area contributed by atoms with Crippen molar-refractivity contribution in [3.05, 3.63) is 275 Å². The average Bonchev–Trinajstić information content (AvgIpc) is 2.17. The van der Waals surface area contributed by atoms with Crippen molar-refractivity contribution in [3.63, 3.8) is 0 Å². The first kappa shape index (κ1) is 50.7. The molecule has 0 aliphatic carbocycles. The molecule has 0 N–H and O–H groups in total. The molecule has 11 aromatic carbocycles. The molecule has 388 valence electrons. The van der Waals surface area contributed by atoms with Crippen molar-refractivity contribution in [1.29, 1.82) is 15.8 Å². The van der Waals surface area contributed by atoms with Gasteiger partial charge in [-0.1, -0.05) is 121 Å². The lowest BCUT2D eigenvalue weighted by Gasteiger charge is -2.20. The highest BCUT2D eigenvalue weighted by atomic mass is 19.4. The lowest BCUT2D eigenvalue weighted by molar-refractivity contribution is -0.137. The zero-order chi connectivity index (χ0) is 57.1. The SMILES string of the molecule is [C-]#[N+]c1ccccc1-c1ccc2c(c1)c1cc(-c3ccccc3C#N)ccc1n2-c1ccc(C#N)cc1-c1cc(-c2cc(C)cc(C(F)(F)F)c2)ccc1-n1c2ccc(-c3ccccc3C#N)cc2c2cc(-c3ccccc3[N+]#[C-])ccc21. The van der Waals surface area contributed by atoms with E-state index in [1.807, 2.05) is 152 Å². The van der Waals surface area contributed by atoms with Gasteiger partial charge in [-0.2, -0.15) is 29.0 Å². The van der Waals surface area contributed by atoms with Crippen LogP contribution in [0.15, 0.2) is 224 Å². The highest BCUT2D eigenvalue weighted by Gasteiger charge is 2.31. The van der Waals surface area contributed by atoms with Crippen LogP contribution in [-0.4, -0.2) is 9.13 Å². The lowest BCUT2D eigenvalue weighted by atomic mass is 9.93. The maximum atomic E-state index is 14.7. The van der Waals surface area contributed by atoms with E-state index in [0.717, 1.165) is 94.2 Å². The van der Waals surface area contributed by atoms with Crippen LogP contribution in [0.5, 0.6) is 0 Å². The fourth-order valence-corrected chi connectivity index (χ4v) is 11.8. The molecule has 0 unspecified atom stereocenters. The second kappa shape index (κ2) is 20.2. The molecule has 2 heterocycles. The van der Waals surface area contributed by atoms with Crippen molar-refractivity contribution < 1.29 is 13.2 Å². The molecule has 0 radical (unpaired) electrons. The van der Waals surface area contributed by atoms with E-state index in [1.165, 1.54) is 6.07 Å². The molecule has 0 spiro atoms. The number of fused-ring (bicyclic) bond motifs is 6. The molecule has 13 rings (SSSR count). The van der Waals surface area contributed by atoms with Gasteiger partial charge < -0.3 is 9.13 Å². The molecule has 7 nitrogen and oxygen atoms in total. The van der Waals surface area contributed by atoms with E-state index in [4.69, 9.17) is 13.1 Å². The van der Waals surface area contributed by atoms with Gasteiger partial charge >= 0.3 is 6.18 Å². The van der Waals surface area contributed by atoms with Gasteiger partial charge in [-0.15, -0.1) is 0 Å². The molecule has 83 heavy (non-hydrogen) atoms. The van der Waals surface area contributed by atoms with Crippen molar-refractivity contribution in [2.24, 2.45) is 0 Å². The standard InChI is InChI=1S/C73H40F3N7/c1-44-32-53(35-54(33-44)73(74,75)76)46-21-27-68(83-70-29-23-48(56-15-7-5-13-52(56)43-79)38-62(70)64-40-50(25-31-72(64)83)58-17-9-11-19-66(58)81-3)60(36-46)59-34-45(41-77)20-26-67(59)82-69-28-22-47(55-14-6-4-12-51(55)42-78)37-61(69)63-39-49(24-30-71(63)82)57-16-8-10-18-65(57)80-2/h4-40H,1H3. The molecule has 0 amide bonds. The van der Waals surface area contributed by atoms with Crippen LogP contribution >= 0.6 is 0 Å². The Labute approximate surface area is 475 Å². The van der Waals surface area contributed by atoms with Crippen LogP contribution in [0.2, 0.25) is 0 Å². The summed E-state index contributed by atoms with van der Waals surface area (Å²) in [5, 5.41) is 34.7. The Morgan fingerprint density at radius 3 is 1.20 bits per heavy atom. The number of nitrogens with zero attached hydrogens (tertiary/aromatic N) is 7. The number of aryl methyl sites for hydroxylation is 1. The second-order valence-corrected chi connectivity index (χ2v) is 20.3. The van der Waals surface area contributed by atoms with E-state index < -0.39 is 11.7 Å². The van der Waals surface area contributed by atoms with E-state index in [2.05, 4.69) is 61.3 Å². The van der Waals surface area contributed by atoms with Crippen LogP contribution in [0.1, 0.15) is 27.8 Å². The number of rotatable bonds is 8. The fraction of sp³-hybridized carbons (Fsp3) is 0.0274. The minimum Gasteiger partial charge on any atom is -0.309 e. The number of hydrogen-bond donors (Lipinski definition) is 0. The second-order valence-electron chi connectivity index (χ2n) is 20.3. The lowest BCUT2D eigenvalue weighted by Crippen LogP contribution is -2.05. The number of aromatic nitrogens is 2. The Kier molecular flexibility index (Phi) is 12.3. The third kappa shape index (κ3) is 8.68. The van der Waals surface area contributed by atoms with Crippen LogP contribution in [0.4, 0.5) is 24.5 Å². The van der Waals surface area contributed by atoms with Gasteiger partial charge in [-0.3, -0.25) is 0 Å². The van der Waals surface area contributed by atoms with E-state index in [0.29, 0.717) is 67.3 Å². The first-order valence-corrected chi connectivity index (χ1v) is 26.4. The highest BCUT2D eigenvalue weighted by Crippen LogP contribution is 2.47. The van der Waals surface area contributed by atoms with Crippen molar-refractivity contribution in [2.75, 3.05) is 0 Å². The van der Waals surface area contributed by atoms with Gasteiger partial charge in [-0.25, -0.2) is 9.69 Å². The Morgan fingerprint density at radius 1 is 0.373 bits per heavy atom. The van der Waals surface area contributed by atoms with Gasteiger partial charge in [0.25, 0.3) is 0 Å². The zero-order valence-corrected chi connectivity index (χ0v) is 44.1. The summed E-state index contributed by atoms with van der Waals surface area (Å²) < 4.78 is 48.3. The molecule has 0 aliphatic heterocycles. The van der Waals surface area contributed by atoms with Crippen LogP contribution in [0, 0.1) is 54.1 Å². The first-order valence-electron chi connectivity index (χ1n) is 26.4. The molecule has 0 saturated heterocycles. The molecule has 0 aliphatic rings. The largest absolute Gasteiger partial charge is 0.416 e.